The number of halogens is 2. The minimum Gasteiger partial charge on any atom is -0.399 e. The average molecular weight is 334 g/mol. The molecule has 2 rings (SSSR count). The Bertz CT molecular complexity index is 522. The van der Waals surface area contributed by atoms with Crippen LogP contribution >= 0.6 is 23.2 Å². The number of rotatable bonds is 3. The number of nitrogen functional groups attached to an aromatic ring is 1. The molecule has 0 radical (unpaired) electrons. The molecule has 3 unspecified atom stereocenters. The molecule has 0 saturated carbocycles. The van der Waals surface area contributed by atoms with Crippen LogP contribution in [0, 0.1) is 0 Å². The highest BCUT2D eigenvalue weighted by atomic mass is 35.5. The van der Waals surface area contributed by atoms with Crippen LogP contribution in [0.25, 0.3) is 0 Å². The van der Waals surface area contributed by atoms with Crippen molar-refractivity contribution in [3.63, 3.8) is 0 Å². The van der Waals surface area contributed by atoms with Gasteiger partial charge < -0.3 is 21.3 Å². The van der Waals surface area contributed by atoms with Gasteiger partial charge in [-0.25, -0.2) is 0 Å². The van der Waals surface area contributed by atoms with Crippen LogP contribution in [0.3, 0.4) is 0 Å². The molecule has 21 heavy (non-hydrogen) atoms. The lowest BCUT2D eigenvalue weighted by Crippen LogP contribution is -2.41. The molecule has 1 aliphatic rings. The lowest BCUT2D eigenvalue weighted by Gasteiger charge is -2.23. The fourth-order valence-corrected chi connectivity index (χ4v) is 2.82. The predicted molar refractivity (Wildman–Crippen MR) is 82.6 cm³/mol. The van der Waals surface area contributed by atoms with Crippen molar-refractivity contribution in [2.45, 2.75) is 25.2 Å². The van der Waals surface area contributed by atoms with E-state index in [9.17, 15) is 15.0 Å². The number of carbonyl (C=O) groups excluding carboxylic acids is 1. The summed E-state index contributed by atoms with van der Waals surface area (Å²) in [4.78, 5) is 13.9. The Balaban J connectivity index is 2.08. The lowest BCUT2D eigenvalue weighted by atomic mass is 10.2. The lowest BCUT2D eigenvalue weighted by molar-refractivity contribution is -0.120. The first kappa shape index (κ1) is 16.3. The highest BCUT2D eigenvalue weighted by molar-refractivity contribution is 6.40. The molecular formula is C13H17Cl2N3O3. The number of anilines is 2. The highest BCUT2D eigenvalue weighted by Crippen LogP contribution is 2.33. The summed E-state index contributed by atoms with van der Waals surface area (Å²) < 4.78 is 0. The van der Waals surface area contributed by atoms with Crippen LogP contribution in [0.1, 0.15) is 6.92 Å². The van der Waals surface area contributed by atoms with Gasteiger partial charge >= 0.3 is 0 Å². The number of amides is 1. The molecule has 3 atom stereocenters. The minimum absolute atomic E-state index is 0.235. The van der Waals surface area contributed by atoms with E-state index in [1.165, 1.54) is 12.1 Å². The summed E-state index contributed by atoms with van der Waals surface area (Å²) in [6.45, 7) is 2.15. The maximum atomic E-state index is 12.2. The van der Waals surface area contributed by atoms with E-state index >= 15 is 0 Å². The van der Waals surface area contributed by atoms with E-state index in [0.717, 1.165) is 0 Å². The fraction of sp³-hybridized carbons (Fsp3) is 0.462. The molecule has 0 aliphatic carbocycles. The zero-order chi connectivity index (χ0) is 15.7. The third-order valence-corrected chi connectivity index (χ3v) is 4.12. The summed E-state index contributed by atoms with van der Waals surface area (Å²) >= 11 is 12.0. The van der Waals surface area contributed by atoms with Gasteiger partial charge in [-0.1, -0.05) is 23.2 Å². The maximum absolute atomic E-state index is 12.2. The Labute approximate surface area is 132 Å². The quantitative estimate of drug-likeness (QED) is 0.617. The maximum Gasteiger partial charge on any atom is 0.241 e. The normalized spacial score (nSPS) is 24.0. The molecule has 5 N–H and O–H groups in total. The van der Waals surface area contributed by atoms with Crippen molar-refractivity contribution in [3.8, 4) is 0 Å². The molecular weight excluding hydrogens is 317 g/mol. The molecule has 8 heteroatoms. The molecule has 116 valence electrons. The second-order valence-electron chi connectivity index (χ2n) is 5.11. The van der Waals surface area contributed by atoms with Crippen molar-refractivity contribution in [2.24, 2.45) is 0 Å². The first-order valence-corrected chi connectivity index (χ1v) is 7.20. The highest BCUT2D eigenvalue weighted by Gasteiger charge is 2.34. The molecule has 1 aromatic rings. The van der Waals surface area contributed by atoms with Gasteiger partial charge in [-0.05, 0) is 19.1 Å². The largest absolute Gasteiger partial charge is 0.399 e. The smallest absolute Gasteiger partial charge is 0.241 e. The van der Waals surface area contributed by atoms with Crippen molar-refractivity contribution in [1.29, 1.82) is 0 Å². The number of nitrogens with two attached hydrogens (primary N) is 1. The molecule has 0 spiro atoms. The van der Waals surface area contributed by atoms with Crippen molar-refractivity contribution in [2.75, 3.05) is 24.1 Å². The number of benzene rings is 1. The number of aliphatic hydroxyl groups is 2. The molecule has 1 heterocycles. The van der Waals surface area contributed by atoms with Gasteiger partial charge in [0, 0.05) is 18.8 Å². The van der Waals surface area contributed by atoms with Crippen LogP contribution < -0.4 is 11.1 Å². The summed E-state index contributed by atoms with van der Waals surface area (Å²) in [6, 6.07) is 2.45. The number of hydrogen-bond donors (Lipinski definition) is 4. The zero-order valence-electron chi connectivity index (χ0n) is 11.4. The second kappa shape index (κ2) is 6.37. The number of carbonyl (C=O) groups is 1. The number of likely N-dealkylation sites (tertiary alicyclic amines) is 1. The van der Waals surface area contributed by atoms with E-state index in [1.54, 1.807) is 11.8 Å². The first-order valence-electron chi connectivity index (χ1n) is 6.45. The molecule has 0 bridgehead atoms. The van der Waals surface area contributed by atoms with E-state index in [4.69, 9.17) is 28.9 Å². The SMILES string of the molecule is CC(C(=O)Nc1c(Cl)cc(N)cc1Cl)N1CC(O)C(O)C1. The van der Waals surface area contributed by atoms with Gasteiger partial charge in [-0.2, -0.15) is 0 Å². The Morgan fingerprint density at radius 3 is 2.29 bits per heavy atom. The third kappa shape index (κ3) is 3.59. The molecule has 0 aromatic heterocycles. The topological polar surface area (TPSA) is 98.8 Å². The van der Waals surface area contributed by atoms with Gasteiger partial charge in [0.05, 0.1) is 34.0 Å². The van der Waals surface area contributed by atoms with Crippen LogP contribution in [0.5, 0.6) is 0 Å². The standard InChI is InChI=1S/C13H17Cl2N3O3/c1-6(18-4-10(19)11(20)5-18)13(21)17-12-8(14)2-7(16)3-9(12)15/h2-3,6,10-11,19-20H,4-5,16H2,1H3,(H,17,21). The second-order valence-corrected chi connectivity index (χ2v) is 5.93. The first-order chi connectivity index (χ1) is 9.79. The van der Waals surface area contributed by atoms with Gasteiger partial charge in [-0.15, -0.1) is 0 Å². The molecule has 1 fully saturated rings. The number of nitrogens with zero attached hydrogens (tertiary/aromatic N) is 1. The van der Waals surface area contributed by atoms with Gasteiger partial charge in [0.2, 0.25) is 5.91 Å². The van der Waals surface area contributed by atoms with E-state index in [2.05, 4.69) is 5.32 Å². The van der Waals surface area contributed by atoms with Crippen LogP contribution in [0.4, 0.5) is 11.4 Å². The van der Waals surface area contributed by atoms with Gasteiger partial charge in [0.25, 0.3) is 0 Å². The summed E-state index contributed by atoms with van der Waals surface area (Å²) in [6.07, 6.45) is -1.69. The van der Waals surface area contributed by atoms with E-state index in [-0.39, 0.29) is 29.0 Å². The Kier molecular flexibility index (Phi) is 4.95. The Morgan fingerprint density at radius 1 is 1.33 bits per heavy atom. The molecule has 1 amide bonds. The predicted octanol–water partition coefficient (Wildman–Crippen LogP) is 0.940. The number of nitrogens with one attached hydrogen (secondary N) is 1. The third-order valence-electron chi connectivity index (χ3n) is 3.53. The van der Waals surface area contributed by atoms with Crippen LogP contribution in [-0.2, 0) is 4.79 Å². The number of β-amino-alcohol motifs (C(OH)–C–C–N with tert-alkyl or cyclic N) is 2. The minimum atomic E-state index is -0.844. The van der Waals surface area contributed by atoms with Crippen molar-refractivity contribution >= 4 is 40.5 Å². The van der Waals surface area contributed by atoms with Gasteiger partial charge in [-0.3, -0.25) is 9.69 Å². The van der Waals surface area contributed by atoms with Crippen LogP contribution in [0.2, 0.25) is 10.0 Å². The van der Waals surface area contributed by atoms with Crippen LogP contribution in [-0.4, -0.2) is 52.4 Å². The molecule has 1 saturated heterocycles. The Morgan fingerprint density at radius 2 is 1.81 bits per heavy atom. The van der Waals surface area contributed by atoms with Gasteiger partial charge in [0.1, 0.15) is 0 Å². The average Bonchev–Trinajstić information content (AvgIpc) is 2.72. The van der Waals surface area contributed by atoms with E-state index in [0.29, 0.717) is 11.4 Å². The van der Waals surface area contributed by atoms with E-state index in [1.807, 2.05) is 0 Å². The zero-order valence-corrected chi connectivity index (χ0v) is 12.9. The van der Waals surface area contributed by atoms with Crippen LogP contribution in [0.15, 0.2) is 12.1 Å². The molecule has 1 aliphatic heterocycles. The molecule has 1 aromatic carbocycles. The van der Waals surface area contributed by atoms with E-state index < -0.39 is 18.2 Å². The monoisotopic (exact) mass is 333 g/mol. The summed E-state index contributed by atoms with van der Waals surface area (Å²) in [7, 11) is 0. The summed E-state index contributed by atoms with van der Waals surface area (Å²) in [5.74, 6) is -0.329. The number of hydrogen-bond acceptors (Lipinski definition) is 5. The van der Waals surface area contributed by atoms with Gasteiger partial charge in [0.15, 0.2) is 0 Å². The summed E-state index contributed by atoms with van der Waals surface area (Å²) in [5, 5.41) is 22.2. The van der Waals surface area contributed by atoms with Crippen molar-refractivity contribution in [3.05, 3.63) is 22.2 Å². The van der Waals surface area contributed by atoms with Crippen molar-refractivity contribution in [1.82, 2.24) is 4.90 Å². The van der Waals surface area contributed by atoms with Crippen molar-refractivity contribution < 1.29 is 15.0 Å². The number of aliphatic hydroxyl groups excluding tert-OH is 2. The Hall–Kier alpha value is -1.05. The fourth-order valence-electron chi connectivity index (χ4n) is 2.22. The molecule has 6 nitrogen and oxygen atoms in total. The summed E-state index contributed by atoms with van der Waals surface area (Å²) in [5.41, 5.74) is 6.30.